The second kappa shape index (κ2) is 14.9. The molecule has 0 aliphatic carbocycles. The summed E-state index contributed by atoms with van der Waals surface area (Å²) in [6.07, 6.45) is 0. The summed E-state index contributed by atoms with van der Waals surface area (Å²) in [6.45, 7) is 0. The van der Waals surface area contributed by atoms with Gasteiger partial charge in [0, 0.05) is 21.9 Å². The Morgan fingerprint density at radius 2 is 1.10 bits per heavy atom. The van der Waals surface area contributed by atoms with Gasteiger partial charge in [-0.05, 0) is 47.8 Å². The number of hydrogen-bond donors (Lipinski definition) is 0. The summed E-state index contributed by atoms with van der Waals surface area (Å²) in [5, 5.41) is 71.3. The monoisotopic (exact) mass is 436 g/mol. The highest BCUT2D eigenvalue weighted by molar-refractivity contribution is 8.04. The molecule has 0 radical (unpaired) electrons. The quantitative estimate of drug-likeness (QED) is 0.292. The van der Waals surface area contributed by atoms with Gasteiger partial charge < -0.3 is 14.4 Å². The molecular formula is C16H6BFN8O2S2. The average Bonchev–Trinajstić information content (AvgIpc) is 2.74. The Morgan fingerprint density at radius 1 is 0.767 bits per heavy atom. The van der Waals surface area contributed by atoms with Gasteiger partial charge in [-0.2, -0.15) is 21.0 Å². The summed E-state index contributed by atoms with van der Waals surface area (Å²) in [6, 6.07) is 12.9. The Hall–Kier alpha value is -4.15. The van der Waals surface area contributed by atoms with Crippen LogP contribution < -0.4 is 10.0 Å². The minimum absolute atomic E-state index is 0.213. The fourth-order valence-electron chi connectivity index (χ4n) is 1.62. The van der Waals surface area contributed by atoms with E-state index in [0.717, 1.165) is 23.5 Å². The van der Waals surface area contributed by atoms with Crippen LogP contribution in [0.5, 0.6) is 0 Å². The molecule has 2 aromatic rings. The van der Waals surface area contributed by atoms with Gasteiger partial charge in [0.25, 0.3) is 0 Å². The van der Waals surface area contributed by atoms with Crippen LogP contribution in [0.3, 0.4) is 0 Å². The Labute approximate surface area is 178 Å². The van der Waals surface area contributed by atoms with Crippen LogP contribution in [-0.4, -0.2) is 7.40 Å². The molecule has 0 saturated heterocycles. The van der Waals surface area contributed by atoms with Crippen molar-refractivity contribution in [2.75, 3.05) is 0 Å². The van der Waals surface area contributed by atoms with E-state index in [1.165, 1.54) is 24.3 Å². The third-order valence-corrected chi connectivity index (χ3v) is 3.88. The molecule has 0 aromatic heterocycles. The van der Waals surface area contributed by atoms with Crippen LogP contribution in [0.4, 0.5) is 15.7 Å². The molecule has 2 aromatic carbocycles. The third kappa shape index (κ3) is 9.69. The summed E-state index contributed by atoms with van der Waals surface area (Å²) < 4.78 is 9.89. The highest BCUT2D eigenvalue weighted by Gasteiger charge is 2.14. The molecule has 0 atom stereocenters. The van der Waals surface area contributed by atoms with Crippen molar-refractivity contribution < 1.29 is 14.4 Å². The van der Waals surface area contributed by atoms with Crippen molar-refractivity contribution in [3.05, 3.63) is 57.5 Å². The van der Waals surface area contributed by atoms with E-state index in [4.69, 9.17) is 41.9 Å². The molecule has 0 aliphatic heterocycles. The van der Waals surface area contributed by atoms with Crippen molar-refractivity contribution in [3.63, 3.8) is 0 Å². The summed E-state index contributed by atoms with van der Waals surface area (Å²) in [4.78, 5) is 7.17. The van der Waals surface area contributed by atoms with Gasteiger partial charge in [-0.25, -0.2) is 0 Å². The fourth-order valence-corrected chi connectivity index (χ4v) is 2.45. The number of rotatable bonds is 2. The third-order valence-electron chi connectivity index (χ3n) is 2.72. The number of nitriles is 4. The van der Waals surface area contributed by atoms with E-state index >= 15 is 0 Å². The van der Waals surface area contributed by atoms with Crippen LogP contribution in [0, 0.1) is 54.8 Å². The van der Waals surface area contributed by atoms with Crippen LogP contribution >= 0.6 is 23.5 Å². The lowest BCUT2D eigenvalue weighted by molar-refractivity contribution is -0.366. The first-order chi connectivity index (χ1) is 14.4. The highest BCUT2D eigenvalue weighted by atomic mass is 32.2. The van der Waals surface area contributed by atoms with Crippen LogP contribution in [0.25, 0.3) is 9.95 Å². The standard InChI is InChI=1S/2C8H3N4S.BFO2/c2*9-4-6-3-7(13-5-10)1-2-8(6)12-11;2-1(3)4/h2*1-3H;/q2*+1;-2. The lowest BCUT2D eigenvalue weighted by Gasteiger charge is -2.09. The number of thiocyanates is 2. The zero-order chi connectivity index (χ0) is 22.9. The second-order valence-electron chi connectivity index (χ2n) is 4.44. The van der Waals surface area contributed by atoms with Gasteiger partial charge in [-0.3, -0.25) is 0 Å². The van der Waals surface area contributed by atoms with Gasteiger partial charge in [0.2, 0.25) is 10.8 Å². The summed E-state index contributed by atoms with van der Waals surface area (Å²) in [5.74, 6) is 0. The molecule has 10 nitrogen and oxygen atoms in total. The topological polar surface area (TPSA) is 198 Å². The number of halogens is 1. The highest BCUT2D eigenvalue weighted by Crippen LogP contribution is 2.26. The maximum Gasteiger partial charge on any atom is 0.402 e. The SMILES string of the molecule is N#CSc1ccc([N+]#N)c(C#N)c1.N#CSc1ccc([N+]#N)c(C#N)c1.[O-]B([O-])F. The van der Waals surface area contributed by atoms with Gasteiger partial charge in [-0.15, -0.1) is 0 Å². The molecule has 0 saturated carbocycles. The molecule has 144 valence electrons. The lowest BCUT2D eigenvalue weighted by atomic mass is 10.2. The molecule has 0 unspecified atom stereocenters. The smallest absolute Gasteiger partial charge is 0.402 e. The zero-order valence-corrected chi connectivity index (χ0v) is 16.3. The molecule has 2 rings (SSSR count). The van der Waals surface area contributed by atoms with Crippen molar-refractivity contribution in [3.8, 4) is 22.9 Å². The van der Waals surface area contributed by atoms with E-state index in [9.17, 15) is 4.32 Å². The number of nitrogens with zero attached hydrogens (tertiary/aromatic N) is 8. The number of thioether (sulfide) groups is 2. The Balaban J connectivity index is 0.000000477. The molecule has 0 spiro atoms. The average molecular weight is 436 g/mol. The molecule has 0 fully saturated rings. The maximum atomic E-state index is 9.89. The van der Waals surface area contributed by atoms with E-state index < -0.39 is 7.40 Å². The normalized spacial score (nSPS) is 7.90. The van der Waals surface area contributed by atoms with Crippen LogP contribution in [0.1, 0.15) is 11.1 Å². The molecule has 30 heavy (non-hydrogen) atoms. The van der Waals surface area contributed by atoms with Crippen molar-refractivity contribution in [1.29, 1.82) is 31.8 Å². The number of hydrogen-bond acceptors (Lipinski definition) is 10. The minimum atomic E-state index is -3.17. The van der Waals surface area contributed by atoms with E-state index in [0.29, 0.717) is 9.79 Å². The zero-order valence-electron chi connectivity index (χ0n) is 14.6. The van der Waals surface area contributed by atoms with E-state index in [-0.39, 0.29) is 22.5 Å². The molecule has 0 N–H and O–H groups in total. The first-order valence-electron chi connectivity index (χ1n) is 7.22. The Kier molecular flexibility index (Phi) is 12.8. The van der Waals surface area contributed by atoms with Gasteiger partial charge >= 0.3 is 11.4 Å². The van der Waals surface area contributed by atoms with Crippen LogP contribution in [0.2, 0.25) is 0 Å². The molecule has 0 bridgehead atoms. The number of diazo groups is 2. The molecule has 0 aliphatic rings. The van der Waals surface area contributed by atoms with Crippen LogP contribution in [-0.2, 0) is 0 Å². The lowest BCUT2D eigenvalue weighted by Crippen LogP contribution is -2.39. The van der Waals surface area contributed by atoms with Crippen molar-refractivity contribution in [2.24, 2.45) is 0 Å². The summed E-state index contributed by atoms with van der Waals surface area (Å²) in [5.41, 5.74) is 0.931. The van der Waals surface area contributed by atoms with Gasteiger partial charge in [0.1, 0.15) is 41.5 Å². The van der Waals surface area contributed by atoms with Gasteiger partial charge in [0.05, 0.1) is 0 Å². The van der Waals surface area contributed by atoms with Crippen LogP contribution in [0.15, 0.2) is 46.2 Å². The first-order valence-corrected chi connectivity index (χ1v) is 8.86. The number of benzene rings is 2. The predicted molar refractivity (Wildman–Crippen MR) is 102 cm³/mol. The fraction of sp³-hybridized carbons (Fsp3) is 0. The van der Waals surface area contributed by atoms with Gasteiger partial charge in [-0.1, -0.05) is 0 Å². The van der Waals surface area contributed by atoms with Crippen molar-refractivity contribution in [1.82, 2.24) is 0 Å². The largest absolute Gasteiger partial charge is 0.867 e. The predicted octanol–water partition coefficient (Wildman–Crippen LogP) is 2.89. The Bertz CT molecular complexity index is 1050. The van der Waals surface area contributed by atoms with Gasteiger partial charge in [0.15, 0.2) is 9.95 Å². The van der Waals surface area contributed by atoms with E-state index in [2.05, 4.69) is 9.95 Å². The van der Waals surface area contributed by atoms with E-state index in [1.807, 2.05) is 22.9 Å². The van der Waals surface area contributed by atoms with Crippen molar-refractivity contribution >= 4 is 42.3 Å². The molecule has 0 heterocycles. The maximum absolute atomic E-state index is 9.89. The summed E-state index contributed by atoms with van der Waals surface area (Å²) >= 11 is 1.91. The first kappa shape index (κ1) is 25.9. The van der Waals surface area contributed by atoms with E-state index in [1.54, 1.807) is 12.1 Å². The van der Waals surface area contributed by atoms with Crippen molar-refractivity contribution in [2.45, 2.75) is 9.79 Å². The minimum Gasteiger partial charge on any atom is -0.867 e. The molecule has 14 heteroatoms. The second-order valence-corrected chi connectivity index (χ2v) is 6.16. The Morgan fingerprint density at radius 3 is 1.33 bits per heavy atom. The molecule has 0 amide bonds. The summed E-state index contributed by atoms with van der Waals surface area (Å²) in [7, 11) is -3.17. The molecular weight excluding hydrogens is 430 g/mol.